The maximum Gasteiger partial charge on any atom is 0.257 e. The first-order chi connectivity index (χ1) is 17.5. The van der Waals surface area contributed by atoms with Gasteiger partial charge in [0.05, 0.1) is 5.69 Å². The number of carbonyl (C=O) groups is 2. The molecule has 1 aliphatic rings. The zero-order valence-electron chi connectivity index (χ0n) is 19.0. The molecule has 1 heterocycles. The summed E-state index contributed by atoms with van der Waals surface area (Å²) in [5, 5.41) is 4.06. The Labute approximate surface area is 219 Å². The van der Waals surface area contributed by atoms with Gasteiger partial charge in [0.2, 0.25) is 0 Å². The number of hydrogen-bond acceptors (Lipinski definition) is 3. The lowest BCUT2D eigenvalue weighted by Crippen LogP contribution is -2.56. The molecule has 0 saturated carbocycles. The van der Waals surface area contributed by atoms with Gasteiger partial charge in [-0.1, -0.05) is 83.9 Å². The van der Waals surface area contributed by atoms with Crippen molar-refractivity contribution in [2.75, 3.05) is 4.90 Å². The lowest BCUT2D eigenvalue weighted by atomic mass is 9.94. The van der Waals surface area contributed by atoms with Gasteiger partial charge in [-0.15, -0.1) is 0 Å². The van der Waals surface area contributed by atoms with Crippen molar-refractivity contribution in [2.24, 2.45) is 4.99 Å². The molecular weight excluding hydrogens is 493 g/mol. The van der Waals surface area contributed by atoms with Gasteiger partial charge in [-0.05, 0) is 54.1 Å². The molecule has 7 heteroatoms. The summed E-state index contributed by atoms with van der Waals surface area (Å²) in [7, 11) is 0. The number of rotatable bonds is 5. The van der Waals surface area contributed by atoms with E-state index >= 15 is 0 Å². The van der Waals surface area contributed by atoms with Crippen LogP contribution in [-0.2, 0) is 4.79 Å². The van der Waals surface area contributed by atoms with E-state index in [0.29, 0.717) is 27.1 Å². The summed E-state index contributed by atoms with van der Waals surface area (Å²) in [5.74, 6) is -0.189. The van der Waals surface area contributed by atoms with Gasteiger partial charge in [0, 0.05) is 21.2 Å². The first-order valence-electron chi connectivity index (χ1n) is 11.4. The second kappa shape index (κ2) is 10.4. The largest absolute Gasteiger partial charge is 0.338 e. The standard InChI is InChI=1S/C29H21Cl2N3O2/c30-22-13-11-19(12-14-22)25-26(33-28(35)21-9-5-2-6-10-21)29(36)34(24-17-15-23(31)16-18-24)27(32-25)20-7-3-1-4-8-20/h1-18,25-26H,(H,33,35)/t25-,26-/m1/s1. The van der Waals surface area contributed by atoms with Crippen LogP contribution in [0.1, 0.15) is 27.5 Å². The molecule has 1 aliphatic heterocycles. The Bertz CT molecular complexity index is 1410. The highest BCUT2D eigenvalue weighted by Gasteiger charge is 2.41. The van der Waals surface area contributed by atoms with Gasteiger partial charge in [0.25, 0.3) is 11.8 Å². The monoisotopic (exact) mass is 513 g/mol. The normalized spacial score (nSPS) is 17.4. The summed E-state index contributed by atoms with van der Waals surface area (Å²) >= 11 is 12.2. The van der Waals surface area contributed by atoms with Crippen molar-refractivity contribution in [3.8, 4) is 0 Å². The number of hydrogen-bond donors (Lipinski definition) is 1. The van der Waals surface area contributed by atoms with Gasteiger partial charge in [0.15, 0.2) is 0 Å². The first-order valence-corrected chi connectivity index (χ1v) is 12.1. The third-order valence-corrected chi connectivity index (χ3v) is 6.43. The Morgan fingerprint density at radius 3 is 1.92 bits per heavy atom. The summed E-state index contributed by atoms with van der Waals surface area (Å²) in [6.45, 7) is 0. The lowest BCUT2D eigenvalue weighted by molar-refractivity contribution is -0.120. The Morgan fingerprint density at radius 1 is 0.750 bits per heavy atom. The summed E-state index contributed by atoms with van der Waals surface area (Å²) in [6, 6.07) is 30.8. The van der Waals surface area contributed by atoms with Crippen molar-refractivity contribution in [3.63, 3.8) is 0 Å². The van der Waals surface area contributed by atoms with E-state index in [2.05, 4.69) is 5.32 Å². The van der Waals surface area contributed by atoms with Crippen molar-refractivity contribution < 1.29 is 9.59 Å². The molecule has 0 fully saturated rings. The molecule has 36 heavy (non-hydrogen) atoms. The van der Waals surface area contributed by atoms with E-state index in [0.717, 1.165) is 11.1 Å². The quantitative estimate of drug-likeness (QED) is 0.339. The smallest absolute Gasteiger partial charge is 0.257 e. The summed E-state index contributed by atoms with van der Waals surface area (Å²) in [4.78, 5) is 33.9. The van der Waals surface area contributed by atoms with Crippen LogP contribution in [0.3, 0.4) is 0 Å². The van der Waals surface area contributed by atoms with Crippen molar-refractivity contribution in [2.45, 2.75) is 12.1 Å². The number of carbonyl (C=O) groups excluding carboxylic acids is 2. The molecule has 5 rings (SSSR count). The average Bonchev–Trinajstić information content (AvgIpc) is 2.92. The molecule has 4 aromatic rings. The van der Waals surface area contributed by atoms with E-state index in [1.54, 1.807) is 60.7 Å². The Kier molecular flexibility index (Phi) is 6.85. The van der Waals surface area contributed by atoms with Crippen molar-refractivity contribution >= 4 is 46.5 Å². The molecule has 2 amide bonds. The Balaban J connectivity index is 1.65. The summed E-state index contributed by atoms with van der Waals surface area (Å²) in [5.41, 5.74) is 2.58. The van der Waals surface area contributed by atoms with Gasteiger partial charge < -0.3 is 5.32 Å². The van der Waals surface area contributed by atoms with E-state index in [4.69, 9.17) is 28.2 Å². The van der Waals surface area contributed by atoms with E-state index in [1.807, 2.05) is 48.5 Å². The Hall–Kier alpha value is -3.93. The first kappa shape index (κ1) is 23.8. The van der Waals surface area contributed by atoms with Crippen LogP contribution in [0.2, 0.25) is 10.0 Å². The predicted molar refractivity (Wildman–Crippen MR) is 144 cm³/mol. The number of anilines is 1. The minimum absolute atomic E-state index is 0.310. The molecule has 0 spiro atoms. The second-order valence-electron chi connectivity index (χ2n) is 8.28. The van der Waals surface area contributed by atoms with E-state index in [9.17, 15) is 9.59 Å². The van der Waals surface area contributed by atoms with Gasteiger partial charge >= 0.3 is 0 Å². The van der Waals surface area contributed by atoms with Crippen molar-refractivity contribution in [1.29, 1.82) is 0 Å². The van der Waals surface area contributed by atoms with Gasteiger partial charge in [-0.2, -0.15) is 0 Å². The van der Waals surface area contributed by atoms with Gasteiger partial charge in [-0.25, -0.2) is 0 Å². The van der Waals surface area contributed by atoms with Crippen LogP contribution in [0.5, 0.6) is 0 Å². The van der Waals surface area contributed by atoms with Crippen LogP contribution < -0.4 is 10.2 Å². The van der Waals surface area contributed by atoms with E-state index < -0.39 is 12.1 Å². The minimum Gasteiger partial charge on any atom is -0.338 e. The van der Waals surface area contributed by atoms with Crippen LogP contribution in [-0.4, -0.2) is 23.7 Å². The molecule has 2 atom stereocenters. The number of nitrogens with zero attached hydrogens (tertiary/aromatic N) is 2. The fourth-order valence-electron chi connectivity index (χ4n) is 4.15. The van der Waals surface area contributed by atoms with Gasteiger partial charge in [0.1, 0.15) is 17.9 Å². The molecule has 4 aromatic carbocycles. The Morgan fingerprint density at radius 2 is 1.31 bits per heavy atom. The van der Waals surface area contributed by atoms with E-state index in [1.165, 1.54) is 4.90 Å². The molecule has 0 bridgehead atoms. The summed E-state index contributed by atoms with van der Waals surface area (Å²) in [6.07, 6.45) is 0. The molecule has 178 valence electrons. The second-order valence-corrected chi connectivity index (χ2v) is 9.16. The molecule has 5 nitrogen and oxygen atoms in total. The molecule has 1 N–H and O–H groups in total. The van der Waals surface area contributed by atoms with Crippen LogP contribution in [0.25, 0.3) is 0 Å². The highest BCUT2D eigenvalue weighted by atomic mass is 35.5. The zero-order valence-corrected chi connectivity index (χ0v) is 20.5. The van der Waals surface area contributed by atoms with E-state index in [-0.39, 0.29) is 11.8 Å². The number of halogens is 2. The van der Waals surface area contributed by atoms with Crippen molar-refractivity contribution in [1.82, 2.24) is 5.32 Å². The topological polar surface area (TPSA) is 61.8 Å². The maximum absolute atomic E-state index is 14.2. The molecule has 0 saturated heterocycles. The van der Waals surface area contributed by atoms with Crippen molar-refractivity contribution in [3.05, 3.63) is 136 Å². The lowest BCUT2D eigenvalue weighted by Gasteiger charge is -2.37. The zero-order chi connectivity index (χ0) is 25.1. The molecule has 0 unspecified atom stereocenters. The average molecular weight is 514 g/mol. The number of benzene rings is 4. The SMILES string of the molecule is O=C(N[C@H]1C(=O)N(c2ccc(Cl)cc2)C(c2ccccc2)=N[C@@H]1c1ccc(Cl)cc1)c1ccccc1. The highest BCUT2D eigenvalue weighted by Crippen LogP contribution is 2.33. The molecule has 0 aliphatic carbocycles. The number of nitrogens with one attached hydrogen (secondary N) is 1. The number of amidine groups is 1. The fourth-order valence-corrected chi connectivity index (χ4v) is 4.41. The third-order valence-electron chi connectivity index (χ3n) is 5.93. The fraction of sp³-hybridized carbons (Fsp3) is 0.0690. The van der Waals surface area contributed by atoms with Crippen LogP contribution in [0, 0.1) is 0 Å². The summed E-state index contributed by atoms with van der Waals surface area (Å²) < 4.78 is 0. The molecule has 0 radical (unpaired) electrons. The number of aliphatic imine (C=N–C) groups is 1. The van der Waals surface area contributed by atoms with Crippen LogP contribution >= 0.6 is 23.2 Å². The molecular formula is C29H21Cl2N3O2. The highest BCUT2D eigenvalue weighted by molar-refractivity contribution is 6.31. The third kappa shape index (κ3) is 4.89. The molecule has 0 aromatic heterocycles. The number of amides is 2. The van der Waals surface area contributed by atoms with Crippen LogP contribution in [0.4, 0.5) is 5.69 Å². The predicted octanol–water partition coefficient (Wildman–Crippen LogP) is 6.33. The minimum atomic E-state index is -0.956. The maximum atomic E-state index is 14.2. The van der Waals surface area contributed by atoms with Gasteiger partial charge in [-0.3, -0.25) is 19.5 Å². The van der Waals surface area contributed by atoms with Crippen LogP contribution in [0.15, 0.2) is 114 Å².